The Kier molecular flexibility index (Phi) is 6.49. The molecule has 206 valence electrons. The summed E-state index contributed by atoms with van der Waals surface area (Å²) in [6.07, 6.45) is 0.0702. The maximum Gasteiger partial charge on any atom is 0.224 e. The number of aromatic nitrogens is 4. The largest absolute Gasteiger partial charge is 0.390 e. The first-order chi connectivity index (χ1) is 17.6. The predicted octanol–water partition coefficient (Wildman–Crippen LogP) is 4.15. The lowest BCUT2D eigenvalue weighted by Gasteiger charge is -2.28. The molecule has 0 aromatic carbocycles. The van der Waals surface area contributed by atoms with Gasteiger partial charge in [-0.15, -0.1) is 11.3 Å². The van der Waals surface area contributed by atoms with Crippen LogP contribution in [0.5, 0.6) is 0 Å². The molecule has 0 radical (unpaired) electrons. The number of nitrogens with one attached hydrogen (secondary N) is 2. The highest BCUT2D eigenvalue weighted by Crippen LogP contribution is 2.68. The molecule has 10 heteroatoms. The van der Waals surface area contributed by atoms with Crippen LogP contribution >= 0.6 is 11.3 Å². The third kappa shape index (κ3) is 4.45. The lowest BCUT2D eigenvalue weighted by atomic mass is 9.88. The minimum absolute atomic E-state index is 0.235. The quantitative estimate of drug-likeness (QED) is 0.299. The summed E-state index contributed by atoms with van der Waals surface area (Å²) >= 11 is 1.55. The summed E-state index contributed by atoms with van der Waals surface area (Å²) in [5, 5.41) is 39.8. The first kappa shape index (κ1) is 27.2. The predicted molar refractivity (Wildman–Crippen MR) is 151 cm³/mol. The molecule has 2 aliphatic carbocycles. The number of rotatable bonds is 7. The van der Waals surface area contributed by atoms with E-state index in [1.807, 2.05) is 19.9 Å². The van der Waals surface area contributed by atoms with Gasteiger partial charge in [-0.1, -0.05) is 27.7 Å². The molecule has 38 heavy (non-hydrogen) atoms. The normalized spacial score (nSPS) is 26.6. The van der Waals surface area contributed by atoms with E-state index >= 15 is 0 Å². The van der Waals surface area contributed by atoms with Crippen LogP contribution in [-0.4, -0.2) is 65.7 Å². The van der Waals surface area contributed by atoms with E-state index in [-0.39, 0.29) is 10.8 Å². The molecule has 0 spiro atoms. The van der Waals surface area contributed by atoms with E-state index in [0.29, 0.717) is 24.1 Å². The average Bonchev–Trinajstić information content (AvgIpc) is 3.15. The molecule has 3 aromatic heterocycles. The number of aliphatic hydroxyl groups is 3. The zero-order valence-corrected chi connectivity index (χ0v) is 24.3. The van der Waals surface area contributed by atoms with Crippen LogP contribution in [0.15, 0.2) is 12.3 Å². The molecule has 5 N–H and O–H groups in total. The van der Waals surface area contributed by atoms with Crippen molar-refractivity contribution in [2.75, 3.05) is 17.2 Å². The number of thiazole rings is 1. The molecule has 0 amide bonds. The molecule has 4 unspecified atom stereocenters. The SMILES string of the molecule is Cc1nc(NCC2C(C)(C)C2(C)C)nc(NC2CC(C(C)(C)O)C(O)C2O)c1-c1nc2c(C)nccc2s1. The third-order valence-corrected chi connectivity index (χ3v) is 10.5. The number of hydrogen-bond acceptors (Lipinski definition) is 10. The number of anilines is 2. The summed E-state index contributed by atoms with van der Waals surface area (Å²) in [7, 11) is 0. The topological polar surface area (TPSA) is 136 Å². The summed E-state index contributed by atoms with van der Waals surface area (Å²) in [5.74, 6) is 1.08. The Balaban J connectivity index is 1.51. The Morgan fingerprint density at radius 1 is 1.03 bits per heavy atom. The molecule has 3 aromatic rings. The number of aliphatic hydroxyl groups excluding tert-OH is 2. The van der Waals surface area contributed by atoms with Crippen LogP contribution in [0, 0.1) is 36.5 Å². The lowest BCUT2D eigenvalue weighted by molar-refractivity contribution is -0.0601. The van der Waals surface area contributed by atoms with Crippen molar-refractivity contribution in [2.45, 2.75) is 85.7 Å². The van der Waals surface area contributed by atoms with Gasteiger partial charge in [-0.3, -0.25) is 4.98 Å². The van der Waals surface area contributed by atoms with Crippen LogP contribution < -0.4 is 10.6 Å². The fourth-order valence-electron chi connectivity index (χ4n) is 6.19. The van der Waals surface area contributed by atoms with E-state index in [1.165, 1.54) is 0 Å². The maximum atomic E-state index is 10.9. The van der Waals surface area contributed by atoms with Crippen LogP contribution in [0.25, 0.3) is 20.8 Å². The van der Waals surface area contributed by atoms with Gasteiger partial charge in [0.05, 0.1) is 39.4 Å². The molecule has 3 heterocycles. The summed E-state index contributed by atoms with van der Waals surface area (Å²) < 4.78 is 1.02. The summed E-state index contributed by atoms with van der Waals surface area (Å²) in [5.41, 5.74) is 2.56. The number of nitrogens with zero attached hydrogens (tertiary/aromatic N) is 4. The second-order valence-electron chi connectivity index (χ2n) is 12.7. The highest BCUT2D eigenvalue weighted by Gasteiger charge is 2.64. The maximum absolute atomic E-state index is 10.9. The molecule has 0 saturated heterocycles. The van der Waals surface area contributed by atoms with Gasteiger partial charge < -0.3 is 26.0 Å². The Bertz CT molecular complexity index is 1350. The molecule has 2 fully saturated rings. The highest BCUT2D eigenvalue weighted by atomic mass is 32.1. The van der Waals surface area contributed by atoms with Gasteiger partial charge in [-0.25, -0.2) is 9.97 Å². The van der Waals surface area contributed by atoms with Crippen LogP contribution in [0.3, 0.4) is 0 Å². The molecule has 0 aliphatic heterocycles. The van der Waals surface area contributed by atoms with Crippen molar-refractivity contribution < 1.29 is 15.3 Å². The van der Waals surface area contributed by atoms with Gasteiger partial charge in [-0.05, 0) is 56.9 Å². The van der Waals surface area contributed by atoms with Gasteiger partial charge in [-0.2, -0.15) is 4.98 Å². The number of hydrogen-bond donors (Lipinski definition) is 5. The standard InChI is InChI=1S/C28H40N6O3S/c1-13-19(24-33-20-14(2)29-10-9-17(20)38-24)23(32-16-11-15(28(7,8)37)21(35)22(16)36)34-25(31-13)30-12-18-26(3,4)27(18,5)6/h9-10,15-16,18,21-22,35-37H,11-12H2,1-8H3,(H2,30,31,32,34). The first-order valence-electron chi connectivity index (χ1n) is 13.3. The number of fused-ring (bicyclic) bond motifs is 1. The average molecular weight is 541 g/mol. The van der Waals surface area contributed by atoms with Crippen molar-refractivity contribution in [1.29, 1.82) is 0 Å². The zero-order chi connectivity index (χ0) is 27.8. The van der Waals surface area contributed by atoms with Crippen molar-refractivity contribution >= 4 is 33.3 Å². The van der Waals surface area contributed by atoms with Crippen LogP contribution in [0.4, 0.5) is 11.8 Å². The Morgan fingerprint density at radius 2 is 1.71 bits per heavy atom. The summed E-state index contributed by atoms with van der Waals surface area (Å²) in [6.45, 7) is 17.1. The molecule has 2 aliphatic rings. The monoisotopic (exact) mass is 540 g/mol. The van der Waals surface area contributed by atoms with E-state index in [2.05, 4.69) is 43.3 Å². The van der Waals surface area contributed by atoms with Crippen molar-refractivity contribution in [1.82, 2.24) is 19.9 Å². The zero-order valence-electron chi connectivity index (χ0n) is 23.5. The van der Waals surface area contributed by atoms with Crippen LogP contribution in [0.1, 0.15) is 59.4 Å². The third-order valence-electron chi connectivity index (χ3n) is 9.49. The van der Waals surface area contributed by atoms with Crippen molar-refractivity contribution in [3.63, 3.8) is 0 Å². The van der Waals surface area contributed by atoms with Gasteiger partial charge in [0.1, 0.15) is 22.4 Å². The molecular weight excluding hydrogens is 500 g/mol. The number of aryl methyl sites for hydroxylation is 2. The smallest absolute Gasteiger partial charge is 0.224 e. The van der Waals surface area contributed by atoms with Crippen LogP contribution in [-0.2, 0) is 0 Å². The lowest BCUT2D eigenvalue weighted by Crippen LogP contribution is -2.40. The van der Waals surface area contributed by atoms with Gasteiger partial charge in [0.2, 0.25) is 5.95 Å². The Morgan fingerprint density at radius 3 is 2.29 bits per heavy atom. The fraction of sp³-hybridized carbons (Fsp3) is 0.643. The summed E-state index contributed by atoms with van der Waals surface area (Å²) in [6, 6.07) is 1.45. The fourth-order valence-corrected chi connectivity index (χ4v) is 7.30. The minimum Gasteiger partial charge on any atom is -0.390 e. The molecule has 0 bridgehead atoms. The molecular formula is C28H40N6O3S. The van der Waals surface area contributed by atoms with Crippen molar-refractivity contribution in [3.05, 3.63) is 23.7 Å². The van der Waals surface area contributed by atoms with Gasteiger partial charge >= 0.3 is 0 Å². The van der Waals surface area contributed by atoms with Crippen molar-refractivity contribution in [2.24, 2.45) is 22.7 Å². The van der Waals surface area contributed by atoms with E-state index in [1.54, 1.807) is 31.4 Å². The number of pyridine rings is 1. The Hall–Kier alpha value is -2.40. The van der Waals surface area contributed by atoms with Crippen molar-refractivity contribution in [3.8, 4) is 10.6 Å². The summed E-state index contributed by atoms with van der Waals surface area (Å²) in [4.78, 5) is 18.9. The first-order valence-corrected chi connectivity index (χ1v) is 14.1. The van der Waals surface area contributed by atoms with E-state index in [0.717, 1.165) is 38.7 Å². The second kappa shape index (κ2) is 9.08. The Labute approximate surface area is 228 Å². The highest BCUT2D eigenvalue weighted by molar-refractivity contribution is 7.21. The van der Waals surface area contributed by atoms with E-state index in [9.17, 15) is 15.3 Å². The van der Waals surface area contributed by atoms with E-state index in [4.69, 9.17) is 15.0 Å². The molecule has 4 atom stereocenters. The van der Waals surface area contributed by atoms with Gasteiger partial charge in [0, 0.05) is 18.7 Å². The van der Waals surface area contributed by atoms with Gasteiger partial charge in [0.25, 0.3) is 0 Å². The molecule has 2 saturated carbocycles. The minimum atomic E-state index is -1.13. The molecule has 9 nitrogen and oxygen atoms in total. The van der Waals surface area contributed by atoms with Gasteiger partial charge in [0.15, 0.2) is 0 Å². The van der Waals surface area contributed by atoms with Crippen LogP contribution in [0.2, 0.25) is 0 Å². The second-order valence-corrected chi connectivity index (χ2v) is 13.8. The molecule has 5 rings (SSSR count). The van der Waals surface area contributed by atoms with E-state index < -0.39 is 29.8 Å².